The van der Waals surface area contributed by atoms with E-state index < -0.39 is 12.6 Å². The fourth-order valence-corrected chi connectivity index (χ4v) is 3.63. The number of aryl methyl sites for hydroxylation is 1. The number of rotatable bonds is 6. The van der Waals surface area contributed by atoms with Crippen molar-refractivity contribution >= 4 is 29.2 Å². The number of carboxylic acid groups (broad SMARTS) is 1. The highest BCUT2D eigenvalue weighted by atomic mass is 35.5. The number of ether oxygens (including phenoxy) is 1. The molecule has 1 aromatic carbocycles. The van der Waals surface area contributed by atoms with Crippen molar-refractivity contribution in [3.8, 4) is 5.75 Å². The van der Waals surface area contributed by atoms with Gasteiger partial charge in [0.15, 0.2) is 6.61 Å². The van der Waals surface area contributed by atoms with Gasteiger partial charge in [0.05, 0.1) is 16.3 Å². The first-order valence-electron chi connectivity index (χ1n) is 8.93. The number of nitrogens with one attached hydrogen (secondary N) is 1. The molecule has 8 heteroatoms. The van der Waals surface area contributed by atoms with E-state index in [0.717, 1.165) is 31.4 Å². The van der Waals surface area contributed by atoms with Crippen LogP contribution in [0.15, 0.2) is 24.4 Å². The summed E-state index contributed by atoms with van der Waals surface area (Å²) in [4.78, 5) is 23.4. The number of carboxylic acids is 1. The van der Waals surface area contributed by atoms with Crippen molar-refractivity contribution < 1.29 is 19.4 Å². The molecule has 0 radical (unpaired) electrons. The van der Waals surface area contributed by atoms with E-state index in [0.29, 0.717) is 17.2 Å². The molecule has 2 aromatic rings. The topological polar surface area (TPSA) is 93.5 Å². The number of nitrogens with zero attached hydrogens (tertiary/aromatic N) is 2. The molecule has 1 aromatic heterocycles. The second kappa shape index (κ2) is 8.43. The van der Waals surface area contributed by atoms with Crippen LogP contribution in [0.25, 0.3) is 0 Å². The zero-order valence-electron chi connectivity index (χ0n) is 15.1. The van der Waals surface area contributed by atoms with Crippen LogP contribution in [0.4, 0.5) is 5.69 Å². The predicted molar refractivity (Wildman–Crippen MR) is 102 cm³/mol. The fourth-order valence-electron chi connectivity index (χ4n) is 3.39. The molecule has 0 bridgehead atoms. The third kappa shape index (κ3) is 4.80. The predicted octanol–water partition coefficient (Wildman–Crippen LogP) is 3.84. The molecule has 0 aliphatic heterocycles. The molecule has 1 fully saturated rings. The SMILES string of the molecule is Cn1cc(C(=O)Nc2ccc(OCC(=O)O)c(Cl)c2)c(C2CCCCC2)n1. The number of carbonyl (C=O) groups is 2. The van der Waals surface area contributed by atoms with Crippen LogP contribution in [0.3, 0.4) is 0 Å². The molecule has 0 atom stereocenters. The fraction of sp³-hybridized carbons (Fsp3) is 0.421. The lowest BCUT2D eigenvalue weighted by atomic mass is 9.85. The summed E-state index contributed by atoms with van der Waals surface area (Å²) in [6.45, 7) is -0.480. The van der Waals surface area contributed by atoms with Crippen molar-refractivity contribution in [3.63, 3.8) is 0 Å². The number of aromatic nitrogens is 2. The third-order valence-electron chi connectivity index (χ3n) is 4.63. The second-order valence-corrected chi connectivity index (χ2v) is 7.13. The quantitative estimate of drug-likeness (QED) is 0.780. The number of halogens is 1. The molecule has 0 unspecified atom stereocenters. The molecule has 144 valence electrons. The van der Waals surface area contributed by atoms with E-state index in [2.05, 4.69) is 10.4 Å². The summed E-state index contributed by atoms with van der Waals surface area (Å²) in [5, 5.41) is 16.3. The Labute approximate surface area is 162 Å². The van der Waals surface area contributed by atoms with Crippen molar-refractivity contribution in [1.29, 1.82) is 0 Å². The Morgan fingerprint density at radius 2 is 2.07 bits per heavy atom. The van der Waals surface area contributed by atoms with Crippen molar-refractivity contribution in [3.05, 3.63) is 40.7 Å². The van der Waals surface area contributed by atoms with E-state index in [4.69, 9.17) is 21.4 Å². The molecule has 0 saturated heterocycles. The molecule has 27 heavy (non-hydrogen) atoms. The van der Waals surface area contributed by atoms with Crippen molar-refractivity contribution in [2.24, 2.45) is 7.05 Å². The molecule has 1 aliphatic carbocycles. The Morgan fingerprint density at radius 3 is 2.74 bits per heavy atom. The average molecular weight is 392 g/mol. The molecule has 1 aliphatic rings. The number of anilines is 1. The summed E-state index contributed by atoms with van der Waals surface area (Å²) < 4.78 is 6.76. The Balaban J connectivity index is 1.74. The van der Waals surface area contributed by atoms with Crippen LogP contribution in [0.1, 0.15) is 54.1 Å². The van der Waals surface area contributed by atoms with Gasteiger partial charge in [-0.25, -0.2) is 4.79 Å². The molecule has 1 heterocycles. The van der Waals surface area contributed by atoms with E-state index in [1.165, 1.54) is 18.6 Å². The van der Waals surface area contributed by atoms with Gasteiger partial charge in [0.25, 0.3) is 5.91 Å². The van der Waals surface area contributed by atoms with E-state index in [1.54, 1.807) is 16.9 Å². The van der Waals surface area contributed by atoms with Gasteiger partial charge in [-0.15, -0.1) is 0 Å². The Morgan fingerprint density at radius 1 is 1.33 bits per heavy atom. The van der Waals surface area contributed by atoms with Crippen molar-refractivity contribution in [1.82, 2.24) is 9.78 Å². The summed E-state index contributed by atoms with van der Waals surface area (Å²) in [6, 6.07) is 4.69. The van der Waals surface area contributed by atoms with E-state index in [1.807, 2.05) is 7.05 Å². The number of hydrogen-bond acceptors (Lipinski definition) is 4. The lowest BCUT2D eigenvalue weighted by Crippen LogP contribution is -2.16. The van der Waals surface area contributed by atoms with Crippen LogP contribution in [0.5, 0.6) is 5.75 Å². The average Bonchev–Trinajstić information content (AvgIpc) is 3.03. The minimum Gasteiger partial charge on any atom is -0.480 e. The zero-order chi connectivity index (χ0) is 19.4. The maximum atomic E-state index is 12.8. The lowest BCUT2D eigenvalue weighted by Gasteiger charge is -2.20. The molecule has 3 rings (SSSR count). The summed E-state index contributed by atoms with van der Waals surface area (Å²) in [5.41, 5.74) is 1.93. The Bertz CT molecular complexity index is 843. The maximum absolute atomic E-state index is 12.8. The summed E-state index contributed by atoms with van der Waals surface area (Å²) >= 11 is 6.11. The highest BCUT2D eigenvalue weighted by Gasteiger charge is 2.25. The monoisotopic (exact) mass is 391 g/mol. The summed E-state index contributed by atoms with van der Waals surface area (Å²) in [6.07, 6.45) is 7.41. The molecular weight excluding hydrogens is 370 g/mol. The van der Waals surface area contributed by atoms with Crippen LogP contribution in [0.2, 0.25) is 5.02 Å². The van der Waals surface area contributed by atoms with Gasteiger partial charge in [0, 0.05) is 24.8 Å². The minimum atomic E-state index is -1.09. The van der Waals surface area contributed by atoms with Crippen LogP contribution >= 0.6 is 11.6 Å². The third-order valence-corrected chi connectivity index (χ3v) is 4.93. The lowest BCUT2D eigenvalue weighted by molar-refractivity contribution is -0.139. The van der Waals surface area contributed by atoms with Crippen LogP contribution in [-0.4, -0.2) is 33.4 Å². The van der Waals surface area contributed by atoms with Crippen LogP contribution in [0, 0.1) is 0 Å². The highest BCUT2D eigenvalue weighted by molar-refractivity contribution is 6.32. The number of carbonyl (C=O) groups excluding carboxylic acids is 1. The zero-order valence-corrected chi connectivity index (χ0v) is 15.8. The van der Waals surface area contributed by atoms with Gasteiger partial charge in [0.1, 0.15) is 5.75 Å². The van der Waals surface area contributed by atoms with E-state index in [9.17, 15) is 9.59 Å². The first kappa shape index (κ1) is 19.2. The number of aliphatic carboxylic acids is 1. The molecule has 1 saturated carbocycles. The van der Waals surface area contributed by atoms with Gasteiger partial charge in [-0.1, -0.05) is 30.9 Å². The van der Waals surface area contributed by atoms with Crippen LogP contribution < -0.4 is 10.1 Å². The molecule has 1 amide bonds. The van der Waals surface area contributed by atoms with Gasteiger partial charge < -0.3 is 15.2 Å². The van der Waals surface area contributed by atoms with Crippen LogP contribution in [-0.2, 0) is 11.8 Å². The summed E-state index contributed by atoms with van der Waals surface area (Å²) in [5.74, 6) is -0.758. The number of hydrogen-bond donors (Lipinski definition) is 2. The second-order valence-electron chi connectivity index (χ2n) is 6.72. The van der Waals surface area contributed by atoms with Crippen molar-refractivity contribution in [2.75, 3.05) is 11.9 Å². The van der Waals surface area contributed by atoms with Crippen molar-refractivity contribution in [2.45, 2.75) is 38.0 Å². The largest absolute Gasteiger partial charge is 0.480 e. The smallest absolute Gasteiger partial charge is 0.341 e. The molecular formula is C19H22ClN3O4. The van der Waals surface area contributed by atoms with Gasteiger partial charge >= 0.3 is 5.97 Å². The maximum Gasteiger partial charge on any atom is 0.341 e. The van der Waals surface area contributed by atoms with E-state index in [-0.39, 0.29) is 16.7 Å². The highest BCUT2D eigenvalue weighted by Crippen LogP contribution is 2.34. The van der Waals surface area contributed by atoms with Gasteiger partial charge in [0.2, 0.25) is 0 Å². The number of benzene rings is 1. The van der Waals surface area contributed by atoms with Gasteiger partial charge in [-0.05, 0) is 31.0 Å². The number of amides is 1. The first-order valence-corrected chi connectivity index (χ1v) is 9.31. The standard InChI is InChI=1S/C19H22ClN3O4/c1-23-10-14(18(22-23)12-5-3-2-4-6-12)19(26)21-13-7-8-16(15(20)9-13)27-11-17(24)25/h7-10,12H,2-6,11H2,1H3,(H,21,26)(H,24,25). The van der Waals surface area contributed by atoms with Gasteiger partial charge in [-0.3, -0.25) is 9.48 Å². The normalized spacial score (nSPS) is 14.7. The molecule has 0 spiro atoms. The van der Waals surface area contributed by atoms with Gasteiger partial charge in [-0.2, -0.15) is 5.10 Å². The molecule has 2 N–H and O–H groups in total. The Hall–Kier alpha value is -2.54. The summed E-state index contributed by atoms with van der Waals surface area (Å²) in [7, 11) is 1.81. The Kier molecular flexibility index (Phi) is 6.01. The van der Waals surface area contributed by atoms with E-state index >= 15 is 0 Å². The molecule has 7 nitrogen and oxygen atoms in total. The first-order chi connectivity index (χ1) is 12.9. The minimum absolute atomic E-state index is 0.229.